The van der Waals surface area contributed by atoms with Crippen LogP contribution in [0.1, 0.15) is 48.2 Å². The van der Waals surface area contributed by atoms with Gasteiger partial charge in [0, 0.05) is 29.8 Å². The average Bonchev–Trinajstić information content (AvgIpc) is 3.78. The highest BCUT2D eigenvalue weighted by Gasteiger charge is 2.50. The molecule has 6 rings (SSSR count). The number of benzene rings is 4. The van der Waals surface area contributed by atoms with E-state index >= 15 is 4.39 Å². The highest BCUT2D eigenvalue weighted by molar-refractivity contribution is 8.02. The lowest BCUT2D eigenvalue weighted by atomic mass is 9.84. The Balaban J connectivity index is 1.30. The molecule has 274 valence electrons. The Labute approximate surface area is 316 Å². The number of carbonyl (C=O) groups is 3. The fourth-order valence-electron chi connectivity index (χ4n) is 6.99. The van der Waals surface area contributed by atoms with Gasteiger partial charge in [0.2, 0.25) is 11.8 Å². The summed E-state index contributed by atoms with van der Waals surface area (Å²) < 4.78 is 13.1. The maximum absolute atomic E-state index is 15.2. The Bertz CT molecular complexity index is 1970. The van der Waals surface area contributed by atoms with Gasteiger partial charge in [0.15, 0.2) is 0 Å². The number of thioether (sulfide) groups is 1. The zero-order valence-corrected chi connectivity index (χ0v) is 31.2. The van der Waals surface area contributed by atoms with Crippen molar-refractivity contribution in [3.63, 3.8) is 0 Å². The fraction of sp³-hybridized carbons (Fsp3) is 0.268. The summed E-state index contributed by atoms with van der Waals surface area (Å²) in [7, 11) is 0. The van der Waals surface area contributed by atoms with E-state index in [0.29, 0.717) is 5.56 Å². The molecule has 1 fully saturated rings. The number of nitrogens with zero attached hydrogens (tertiary/aromatic N) is 2. The summed E-state index contributed by atoms with van der Waals surface area (Å²) in [5.74, 6) is -1.73. The molecule has 0 bridgehead atoms. The Morgan fingerprint density at radius 3 is 2.00 bits per heavy atom. The zero-order chi connectivity index (χ0) is 37.8. The molecule has 0 saturated carbocycles. The molecular formula is C41H41FN4O5S2. The van der Waals surface area contributed by atoms with Crippen LogP contribution < -0.4 is 10.6 Å². The van der Waals surface area contributed by atoms with Crippen LogP contribution in [-0.2, 0) is 20.9 Å². The molecule has 2 heterocycles. The molecule has 1 aliphatic rings. The molecule has 0 spiro atoms. The highest BCUT2D eigenvalue weighted by atomic mass is 32.2. The molecule has 3 atom stereocenters. The Morgan fingerprint density at radius 2 is 1.51 bits per heavy atom. The van der Waals surface area contributed by atoms with Crippen molar-refractivity contribution in [2.24, 2.45) is 0 Å². The lowest BCUT2D eigenvalue weighted by molar-refractivity contribution is -0.140. The summed E-state index contributed by atoms with van der Waals surface area (Å²) in [5, 5.41) is 26.1. The number of hydrogen-bond donors (Lipinski definition) is 4. The van der Waals surface area contributed by atoms with Crippen molar-refractivity contribution in [1.82, 2.24) is 20.5 Å². The first-order chi connectivity index (χ1) is 25.4. The standard InChI is InChI=1S/C41H41FN4O5S2/c1-26-35(52-25-44-26)27-19-20-28(33(42)21-27)23-43-37(48)34-22-32(47)24-46(34)38(49)36(45-39(50)51)40(2,3)53-41(29-13-7-4-8-14-29,30-15-9-5-10-16-30)31-17-11-6-12-18-31/h4-21,25,32,34,36,45,47H,22-24H2,1-3H3,(H,43,48)(H,50,51)/t32-,34-,36?/m1/s1. The van der Waals surface area contributed by atoms with Gasteiger partial charge in [0.25, 0.3) is 0 Å². The number of β-amino-alcohol motifs (C(OH)–C–C–N with tert-alkyl or cyclic N) is 1. The van der Waals surface area contributed by atoms with Crippen molar-refractivity contribution >= 4 is 41.0 Å². The molecule has 4 aromatic carbocycles. The second-order valence-electron chi connectivity index (χ2n) is 13.6. The van der Waals surface area contributed by atoms with Crippen LogP contribution in [0, 0.1) is 12.7 Å². The molecule has 1 aromatic heterocycles. The Kier molecular flexibility index (Phi) is 11.3. The van der Waals surface area contributed by atoms with E-state index in [2.05, 4.69) is 15.6 Å². The number of aromatic nitrogens is 1. The van der Waals surface area contributed by atoms with Gasteiger partial charge in [-0.2, -0.15) is 0 Å². The molecule has 53 heavy (non-hydrogen) atoms. The molecule has 3 amide bonds. The number of thiazole rings is 1. The van der Waals surface area contributed by atoms with Gasteiger partial charge in [0.1, 0.15) is 17.9 Å². The SMILES string of the molecule is Cc1ncsc1-c1ccc(CNC(=O)[C@H]2C[C@@H](O)CN2C(=O)C(NC(=O)O)C(C)(C)SC(c2ccccc2)(c2ccccc2)c2ccccc2)c(F)c1. The first-order valence-electron chi connectivity index (χ1n) is 17.2. The van der Waals surface area contributed by atoms with Crippen LogP contribution >= 0.6 is 23.1 Å². The first-order valence-corrected chi connectivity index (χ1v) is 18.9. The number of aliphatic hydroxyl groups excluding tert-OH is 1. The van der Waals surface area contributed by atoms with Crippen molar-refractivity contribution in [2.45, 2.75) is 61.4 Å². The number of rotatable bonds is 12. The normalized spacial score (nSPS) is 16.6. The number of hydrogen-bond acceptors (Lipinski definition) is 7. The second-order valence-corrected chi connectivity index (χ2v) is 16.3. The number of carboxylic acid groups (broad SMARTS) is 1. The van der Waals surface area contributed by atoms with E-state index < -0.39 is 51.4 Å². The Hall–Kier alpha value is -5.04. The van der Waals surface area contributed by atoms with Gasteiger partial charge >= 0.3 is 6.09 Å². The van der Waals surface area contributed by atoms with E-state index in [1.807, 2.05) is 112 Å². The van der Waals surface area contributed by atoms with E-state index in [4.69, 9.17) is 0 Å². The first kappa shape index (κ1) is 37.7. The summed E-state index contributed by atoms with van der Waals surface area (Å²) >= 11 is 2.84. The van der Waals surface area contributed by atoms with Crippen LogP contribution in [0.5, 0.6) is 0 Å². The van der Waals surface area contributed by atoms with Crippen molar-refractivity contribution in [3.05, 3.63) is 148 Å². The number of halogens is 1. The quantitative estimate of drug-likeness (QED) is 0.101. The maximum atomic E-state index is 15.2. The minimum atomic E-state index is -1.41. The van der Waals surface area contributed by atoms with Gasteiger partial charge < -0.3 is 25.7 Å². The van der Waals surface area contributed by atoms with Gasteiger partial charge in [-0.05, 0) is 49.1 Å². The summed E-state index contributed by atoms with van der Waals surface area (Å²) in [6, 6.07) is 31.8. The number of likely N-dealkylation sites (tertiary alicyclic amines) is 1. The highest BCUT2D eigenvalue weighted by Crippen LogP contribution is 2.54. The minimum Gasteiger partial charge on any atom is -0.465 e. The smallest absolute Gasteiger partial charge is 0.405 e. The lowest BCUT2D eigenvalue weighted by Crippen LogP contribution is -2.60. The van der Waals surface area contributed by atoms with Crippen LogP contribution in [0.2, 0.25) is 0 Å². The van der Waals surface area contributed by atoms with Gasteiger partial charge in [-0.25, -0.2) is 14.2 Å². The van der Waals surface area contributed by atoms with E-state index in [9.17, 15) is 24.6 Å². The number of aliphatic hydroxyl groups is 1. The molecule has 0 radical (unpaired) electrons. The predicted molar refractivity (Wildman–Crippen MR) is 206 cm³/mol. The van der Waals surface area contributed by atoms with Crippen LogP contribution in [0.4, 0.5) is 9.18 Å². The second kappa shape index (κ2) is 15.9. The molecule has 1 saturated heterocycles. The molecule has 1 unspecified atom stereocenters. The fourth-order valence-corrected chi connectivity index (χ4v) is 9.62. The number of carbonyl (C=O) groups excluding carboxylic acids is 2. The van der Waals surface area contributed by atoms with Crippen LogP contribution in [-0.4, -0.2) is 67.5 Å². The molecule has 5 aromatic rings. The summed E-state index contributed by atoms with van der Waals surface area (Å²) in [5.41, 5.74) is 6.20. The van der Waals surface area contributed by atoms with Crippen LogP contribution in [0.3, 0.4) is 0 Å². The molecule has 12 heteroatoms. The molecule has 9 nitrogen and oxygen atoms in total. The minimum absolute atomic E-state index is 0.0566. The Morgan fingerprint density at radius 1 is 0.943 bits per heavy atom. The van der Waals surface area contributed by atoms with Crippen LogP contribution in [0.25, 0.3) is 10.4 Å². The molecule has 1 aliphatic heterocycles. The topological polar surface area (TPSA) is 132 Å². The largest absolute Gasteiger partial charge is 0.465 e. The van der Waals surface area contributed by atoms with Crippen molar-refractivity contribution in [2.75, 3.05) is 6.54 Å². The monoisotopic (exact) mass is 752 g/mol. The van der Waals surface area contributed by atoms with E-state index in [-0.39, 0.29) is 25.1 Å². The van der Waals surface area contributed by atoms with Gasteiger partial charge in [-0.1, -0.05) is 103 Å². The third kappa shape index (κ3) is 8.00. The number of nitrogens with one attached hydrogen (secondary N) is 2. The average molecular weight is 753 g/mol. The van der Waals surface area contributed by atoms with E-state index in [1.165, 1.54) is 34.1 Å². The van der Waals surface area contributed by atoms with Gasteiger partial charge in [-0.15, -0.1) is 23.1 Å². The molecule has 0 aliphatic carbocycles. The van der Waals surface area contributed by atoms with Crippen molar-refractivity contribution < 1.29 is 29.0 Å². The number of aryl methyl sites for hydroxylation is 1. The third-order valence-corrected chi connectivity index (χ3v) is 12.3. The summed E-state index contributed by atoms with van der Waals surface area (Å²) in [6.45, 7) is 5.15. The zero-order valence-electron chi connectivity index (χ0n) is 29.5. The van der Waals surface area contributed by atoms with E-state index in [1.54, 1.807) is 17.6 Å². The third-order valence-electron chi connectivity index (χ3n) is 9.55. The maximum Gasteiger partial charge on any atom is 0.405 e. The predicted octanol–water partition coefficient (Wildman–Crippen LogP) is 6.98. The van der Waals surface area contributed by atoms with Crippen molar-refractivity contribution in [3.8, 4) is 10.4 Å². The van der Waals surface area contributed by atoms with Crippen LogP contribution in [0.15, 0.2) is 115 Å². The van der Waals surface area contributed by atoms with Gasteiger partial charge in [0.05, 0.1) is 26.9 Å². The lowest BCUT2D eigenvalue weighted by Gasteiger charge is -2.44. The molecular weight excluding hydrogens is 712 g/mol. The van der Waals surface area contributed by atoms with Crippen molar-refractivity contribution in [1.29, 1.82) is 0 Å². The van der Waals surface area contributed by atoms with Gasteiger partial charge in [-0.3, -0.25) is 9.59 Å². The number of amides is 3. The van der Waals surface area contributed by atoms with E-state index in [0.717, 1.165) is 27.3 Å². The summed E-state index contributed by atoms with van der Waals surface area (Å²) in [6.07, 6.45) is -2.49. The summed E-state index contributed by atoms with van der Waals surface area (Å²) in [4.78, 5) is 47.0. The molecule has 4 N–H and O–H groups in total.